The van der Waals surface area contributed by atoms with Crippen molar-refractivity contribution in [3.63, 3.8) is 0 Å². The molecule has 0 atom stereocenters. The zero-order valence-electron chi connectivity index (χ0n) is 12.1. The molecular formula is C16H24FNO2. The van der Waals surface area contributed by atoms with Crippen LogP contribution in [0.5, 0.6) is 5.75 Å². The number of unbranched alkanes of at least 4 members (excludes halogenated alkanes) is 6. The van der Waals surface area contributed by atoms with Gasteiger partial charge in [0.25, 0.3) is 0 Å². The highest BCUT2D eigenvalue weighted by atomic mass is 19.1. The molecule has 112 valence electrons. The summed E-state index contributed by atoms with van der Waals surface area (Å²) in [6.07, 6.45) is 8.44. The molecule has 0 aliphatic rings. The van der Waals surface area contributed by atoms with Gasteiger partial charge in [-0.2, -0.15) is 0 Å². The molecule has 2 N–H and O–H groups in total. The van der Waals surface area contributed by atoms with E-state index in [0.717, 1.165) is 25.3 Å². The summed E-state index contributed by atoms with van der Waals surface area (Å²) in [6, 6.07) is 3.71. The van der Waals surface area contributed by atoms with E-state index in [4.69, 9.17) is 5.11 Å². The summed E-state index contributed by atoms with van der Waals surface area (Å²) in [4.78, 5) is 11.6. The molecule has 0 radical (unpaired) electrons. The number of phenolic OH excluding ortho intramolecular Hbond substituents is 1. The number of rotatable bonds is 9. The number of amides is 1. The standard InChI is InChI=1S/C16H24FNO2/c1-2-3-4-5-6-7-8-9-16(20)18-15-11-10-13(19)12-14(15)17/h10-12,19H,2-9H2,1H3,(H,18,20). The predicted molar refractivity (Wildman–Crippen MR) is 79.3 cm³/mol. The number of phenols is 1. The van der Waals surface area contributed by atoms with E-state index in [1.807, 2.05) is 0 Å². The van der Waals surface area contributed by atoms with Crippen molar-refractivity contribution in [2.75, 3.05) is 5.32 Å². The fourth-order valence-electron chi connectivity index (χ4n) is 2.06. The number of aromatic hydroxyl groups is 1. The Bertz CT molecular complexity index is 421. The van der Waals surface area contributed by atoms with Crippen LogP contribution in [-0.2, 0) is 4.79 Å². The van der Waals surface area contributed by atoms with Gasteiger partial charge in [-0.15, -0.1) is 0 Å². The molecule has 1 amide bonds. The Labute approximate surface area is 120 Å². The van der Waals surface area contributed by atoms with Crippen molar-refractivity contribution >= 4 is 11.6 Å². The molecule has 1 aromatic rings. The van der Waals surface area contributed by atoms with Gasteiger partial charge in [-0.05, 0) is 18.6 Å². The number of halogens is 1. The zero-order chi connectivity index (χ0) is 14.8. The van der Waals surface area contributed by atoms with Crippen molar-refractivity contribution in [1.29, 1.82) is 0 Å². The third-order valence-corrected chi connectivity index (χ3v) is 3.23. The van der Waals surface area contributed by atoms with E-state index in [0.29, 0.717) is 6.42 Å². The first-order chi connectivity index (χ1) is 9.63. The van der Waals surface area contributed by atoms with Crippen LogP contribution in [-0.4, -0.2) is 11.0 Å². The smallest absolute Gasteiger partial charge is 0.224 e. The molecule has 0 aliphatic heterocycles. The van der Waals surface area contributed by atoms with Crippen LogP contribution in [0.1, 0.15) is 58.3 Å². The van der Waals surface area contributed by atoms with Crippen molar-refractivity contribution in [3.05, 3.63) is 24.0 Å². The highest BCUT2D eigenvalue weighted by molar-refractivity contribution is 5.90. The lowest BCUT2D eigenvalue weighted by molar-refractivity contribution is -0.116. The third kappa shape index (κ3) is 6.55. The summed E-state index contributed by atoms with van der Waals surface area (Å²) in [7, 11) is 0. The number of nitrogens with one attached hydrogen (secondary N) is 1. The van der Waals surface area contributed by atoms with Crippen LogP contribution >= 0.6 is 0 Å². The minimum absolute atomic E-state index is 0.121. The molecule has 1 rings (SSSR count). The Morgan fingerprint density at radius 3 is 2.45 bits per heavy atom. The lowest BCUT2D eigenvalue weighted by Gasteiger charge is -2.06. The average molecular weight is 281 g/mol. The van der Waals surface area contributed by atoms with E-state index in [1.165, 1.54) is 37.8 Å². The van der Waals surface area contributed by atoms with E-state index in [9.17, 15) is 9.18 Å². The van der Waals surface area contributed by atoms with Gasteiger partial charge >= 0.3 is 0 Å². The molecule has 3 nitrogen and oxygen atoms in total. The lowest BCUT2D eigenvalue weighted by Crippen LogP contribution is -2.12. The fraction of sp³-hybridized carbons (Fsp3) is 0.562. The first-order valence-electron chi connectivity index (χ1n) is 7.42. The Kier molecular flexibility index (Phi) is 7.70. The van der Waals surface area contributed by atoms with Crippen LogP contribution in [0, 0.1) is 5.82 Å². The molecule has 0 spiro atoms. The first kappa shape index (κ1) is 16.5. The summed E-state index contributed by atoms with van der Waals surface area (Å²) in [6.45, 7) is 2.19. The van der Waals surface area contributed by atoms with Gasteiger partial charge in [0.2, 0.25) is 5.91 Å². The molecule has 0 saturated carbocycles. The maximum atomic E-state index is 13.4. The highest BCUT2D eigenvalue weighted by Gasteiger charge is 2.07. The minimum atomic E-state index is -0.613. The number of carbonyl (C=O) groups is 1. The van der Waals surface area contributed by atoms with Gasteiger partial charge in [0.15, 0.2) is 0 Å². The maximum absolute atomic E-state index is 13.4. The van der Waals surface area contributed by atoms with Gasteiger partial charge in [0, 0.05) is 12.5 Å². The van der Waals surface area contributed by atoms with Crippen molar-refractivity contribution in [1.82, 2.24) is 0 Å². The first-order valence-corrected chi connectivity index (χ1v) is 7.42. The number of anilines is 1. The van der Waals surface area contributed by atoms with Crippen molar-refractivity contribution in [3.8, 4) is 5.75 Å². The van der Waals surface area contributed by atoms with Crippen LogP contribution in [0.3, 0.4) is 0 Å². The molecule has 0 fully saturated rings. The fourth-order valence-corrected chi connectivity index (χ4v) is 2.06. The molecule has 20 heavy (non-hydrogen) atoms. The van der Waals surface area contributed by atoms with E-state index in [1.54, 1.807) is 0 Å². The van der Waals surface area contributed by atoms with Crippen LogP contribution in [0.25, 0.3) is 0 Å². The molecule has 0 saturated heterocycles. The summed E-state index contributed by atoms with van der Waals surface area (Å²) < 4.78 is 13.4. The number of carbonyl (C=O) groups excluding carboxylic acids is 1. The van der Waals surface area contributed by atoms with Crippen molar-refractivity contribution in [2.24, 2.45) is 0 Å². The van der Waals surface area contributed by atoms with Gasteiger partial charge in [0.05, 0.1) is 5.69 Å². The molecule has 0 unspecified atom stereocenters. The summed E-state index contributed by atoms with van der Waals surface area (Å²) >= 11 is 0. The Morgan fingerprint density at radius 1 is 1.15 bits per heavy atom. The van der Waals surface area contributed by atoms with Gasteiger partial charge in [-0.1, -0.05) is 45.4 Å². The zero-order valence-corrected chi connectivity index (χ0v) is 12.1. The largest absolute Gasteiger partial charge is 0.508 e. The van der Waals surface area contributed by atoms with Gasteiger partial charge < -0.3 is 10.4 Å². The monoisotopic (exact) mass is 281 g/mol. The van der Waals surface area contributed by atoms with E-state index in [2.05, 4.69) is 12.2 Å². The van der Waals surface area contributed by atoms with E-state index >= 15 is 0 Å². The second-order valence-electron chi connectivity index (χ2n) is 5.08. The summed E-state index contributed by atoms with van der Waals surface area (Å²) in [5, 5.41) is 11.6. The van der Waals surface area contributed by atoms with Crippen molar-refractivity contribution in [2.45, 2.75) is 58.3 Å². The molecule has 0 aliphatic carbocycles. The quantitative estimate of drug-likeness (QED) is 0.513. The Morgan fingerprint density at radius 2 is 1.80 bits per heavy atom. The number of benzene rings is 1. The molecule has 4 heteroatoms. The van der Waals surface area contributed by atoms with Gasteiger partial charge in [-0.25, -0.2) is 4.39 Å². The summed E-state index contributed by atoms with van der Waals surface area (Å²) in [5.41, 5.74) is 0.121. The number of hydrogen-bond acceptors (Lipinski definition) is 2. The van der Waals surface area contributed by atoms with Gasteiger partial charge in [0.1, 0.15) is 11.6 Å². The third-order valence-electron chi connectivity index (χ3n) is 3.23. The van der Waals surface area contributed by atoms with Gasteiger partial charge in [-0.3, -0.25) is 4.79 Å². The minimum Gasteiger partial charge on any atom is -0.508 e. The molecule has 0 heterocycles. The normalized spacial score (nSPS) is 10.5. The Balaban J connectivity index is 2.17. The lowest BCUT2D eigenvalue weighted by atomic mass is 10.1. The van der Waals surface area contributed by atoms with Crippen LogP contribution in [0.15, 0.2) is 18.2 Å². The highest BCUT2D eigenvalue weighted by Crippen LogP contribution is 2.19. The SMILES string of the molecule is CCCCCCCCCC(=O)Nc1ccc(O)cc1F. The predicted octanol–water partition coefficient (Wildman–Crippen LogP) is 4.61. The second kappa shape index (κ2) is 9.34. The van der Waals surface area contributed by atoms with Crippen LogP contribution in [0.2, 0.25) is 0 Å². The molecule has 0 bridgehead atoms. The van der Waals surface area contributed by atoms with Crippen LogP contribution < -0.4 is 5.32 Å². The van der Waals surface area contributed by atoms with E-state index < -0.39 is 5.82 Å². The summed E-state index contributed by atoms with van der Waals surface area (Å²) in [5.74, 6) is -0.936. The van der Waals surface area contributed by atoms with Crippen molar-refractivity contribution < 1.29 is 14.3 Å². The van der Waals surface area contributed by atoms with E-state index in [-0.39, 0.29) is 17.3 Å². The topological polar surface area (TPSA) is 49.3 Å². The average Bonchev–Trinajstić information content (AvgIpc) is 2.41. The molecule has 0 aromatic heterocycles. The number of hydrogen-bond donors (Lipinski definition) is 2. The molecule has 1 aromatic carbocycles. The van der Waals surface area contributed by atoms with Crippen LogP contribution in [0.4, 0.5) is 10.1 Å². The maximum Gasteiger partial charge on any atom is 0.224 e. The molecular weight excluding hydrogens is 257 g/mol. The second-order valence-corrected chi connectivity index (χ2v) is 5.08. The Hall–Kier alpha value is -1.58.